The number of benzene rings is 2. The molecule has 0 spiro atoms. The van der Waals surface area contributed by atoms with E-state index in [0.717, 1.165) is 0 Å². The number of aromatic amines is 2. The van der Waals surface area contributed by atoms with Crippen LogP contribution in [-0.2, 0) is 0 Å². The first kappa shape index (κ1) is 15.4. The van der Waals surface area contributed by atoms with Crippen molar-refractivity contribution in [3.63, 3.8) is 0 Å². The van der Waals surface area contributed by atoms with Crippen LogP contribution in [-0.4, -0.2) is 20.2 Å². The molecule has 2 aromatic carbocycles. The highest BCUT2D eigenvalue weighted by atomic mass is 16.3. The van der Waals surface area contributed by atoms with E-state index in [2.05, 4.69) is 9.97 Å². The summed E-state index contributed by atoms with van der Waals surface area (Å²) in [5.74, 6) is 0.0451. The lowest BCUT2D eigenvalue weighted by molar-refractivity contribution is 0.480. The molecule has 0 fully saturated rings. The van der Waals surface area contributed by atoms with Gasteiger partial charge < -0.3 is 20.2 Å². The predicted molar refractivity (Wildman–Crippen MR) is 92.5 cm³/mol. The number of fused-ring (bicyclic) bond motifs is 2. The number of para-hydroxylation sites is 2. The molecule has 120 valence electrons. The second kappa shape index (κ2) is 6.29. The maximum atomic E-state index is 10.9. The number of hydrogen-bond donors (Lipinski definition) is 4. The first-order valence-electron chi connectivity index (χ1n) is 7.16. The van der Waals surface area contributed by atoms with Gasteiger partial charge in [0.25, 0.3) is 11.1 Å². The third kappa shape index (κ3) is 3.12. The van der Waals surface area contributed by atoms with E-state index in [-0.39, 0.29) is 22.6 Å². The topological polar surface area (TPSA) is 106 Å². The highest BCUT2D eigenvalue weighted by molar-refractivity contribution is 5.84. The molecular formula is C18H14N2O4. The van der Waals surface area contributed by atoms with Gasteiger partial charge in [0, 0.05) is 22.9 Å². The number of nitrogens with one attached hydrogen (secondary N) is 2. The molecule has 0 saturated carbocycles. The van der Waals surface area contributed by atoms with E-state index in [4.69, 9.17) is 0 Å². The van der Waals surface area contributed by atoms with Crippen molar-refractivity contribution in [3.8, 4) is 11.5 Å². The second-order valence-electron chi connectivity index (χ2n) is 5.13. The Balaban J connectivity index is 0.000000141. The van der Waals surface area contributed by atoms with Crippen LogP contribution in [0.4, 0.5) is 0 Å². The van der Waals surface area contributed by atoms with E-state index in [1.165, 1.54) is 12.1 Å². The number of aromatic nitrogens is 2. The van der Waals surface area contributed by atoms with Crippen LogP contribution < -0.4 is 11.1 Å². The fourth-order valence-corrected chi connectivity index (χ4v) is 2.37. The Kier molecular flexibility index (Phi) is 4.03. The van der Waals surface area contributed by atoms with Crippen LogP contribution in [0.3, 0.4) is 0 Å². The van der Waals surface area contributed by atoms with E-state index in [1.807, 2.05) is 0 Å². The van der Waals surface area contributed by atoms with Crippen molar-refractivity contribution in [1.29, 1.82) is 0 Å². The second-order valence-corrected chi connectivity index (χ2v) is 5.13. The van der Waals surface area contributed by atoms with E-state index in [9.17, 15) is 19.8 Å². The summed E-state index contributed by atoms with van der Waals surface area (Å²) < 4.78 is 0. The molecule has 0 radical (unpaired) electrons. The SMILES string of the molecule is O=c1cc(O)c2ccccc2[nH]1.O=c1cc(O)c2ccccc2[nH]1. The molecule has 2 aromatic heterocycles. The molecule has 0 aliphatic rings. The van der Waals surface area contributed by atoms with Crippen molar-refractivity contribution in [1.82, 2.24) is 9.97 Å². The molecule has 0 atom stereocenters. The maximum Gasteiger partial charge on any atom is 0.252 e. The average molecular weight is 322 g/mol. The Morgan fingerprint density at radius 2 is 1.00 bits per heavy atom. The van der Waals surface area contributed by atoms with Gasteiger partial charge in [-0.25, -0.2) is 0 Å². The summed E-state index contributed by atoms with van der Waals surface area (Å²) in [7, 11) is 0. The van der Waals surface area contributed by atoms with Crippen molar-refractivity contribution in [2.75, 3.05) is 0 Å². The van der Waals surface area contributed by atoms with Crippen LogP contribution in [0.25, 0.3) is 21.8 Å². The molecular weight excluding hydrogens is 308 g/mol. The molecule has 24 heavy (non-hydrogen) atoms. The van der Waals surface area contributed by atoms with Gasteiger partial charge in [0.05, 0.1) is 11.0 Å². The maximum absolute atomic E-state index is 10.9. The van der Waals surface area contributed by atoms with Gasteiger partial charge in [0.1, 0.15) is 11.5 Å². The highest BCUT2D eigenvalue weighted by Crippen LogP contribution is 2.19. The van der Waals surface area contributed by atoms with E-state index in [0.29, 0.717) is 21.8 Å². The molecule has 0 unspecified atom stereocenters. The Morgan fingerprint density at radius 3 is 1.42 bits per heavy atom. The Hall–Kier alpha value is -3.54. The van der Waals surface area contributed by atoms with Crippen molar-refractivity contribution >= 4 is 21.8 Å². The Morgan fingerprint density at radius 1 is 0.625 bits per heavy atom. The summed E-state index contributed by atoms with van der Waals surface area (Å²) >= 11 is 0. The van der Waals surface area contributed by atoms with Crippen molar-refractivity contribution < 1.29 is 10.2 Å². The molecule has 0 aliphatic carbocycles. The predicted octanol–water partition coefficient (Wildman–Crippen LogP) is 2.47. The summed E-state index contributed by atoms with van der Waals surface area (Å²) in [6, 6.07) is 16.6. The number of pyridine rings is 2. The van der Waals surface area contributed by atoms with Gasteiger partial charge in [0.15, 0.2) is 0 Å². The zero-order valence-corrected chi connectivity index (χ0v) is 12.5. The molecule has 6 nitrogen and oxygen atoms in total. The van der Waals surface area contributed by atoms with Crippen LogP contribution in [0.2, 0.25) is 0 Å². The van der Waals surface area contributed by atoms with Gasteiger partial charge in [0.2, 0.25) is 0 Å². The lowest BCUT2D eigenvalue weighted by Crippen LogP contribution is -2.02. The summed E-state index contributed by atoms with van der Waals surface area (Å²) in [6.07, 6.45) is 0. The van der Waals surface area contributed by atoms with Gasteiger partial charge in [-0.05, 0) is 24.3 Å². The minimum atomic E-state index is -0.286. The first-order valence-corrected chi connectivity index (χ1v) is 7.16. The van der Waals surface area contributed by atoms with Crippen LogP contribution >= 0.6 is 0 Å². The van der Waals surface area contributed by atoms with Crippen LogP contribution in [0.5, 0.6) is 11.5 Å². The van der Waals surface area contributed by atoms with Crippen molar-refractivity contribution in [2.45, 2.75) is 0 Å². The zero-order valence-electron chi connectivity index (χ0n) is 12.5. The quantitative estimate of drug-likeness (QED) is 0.399. The number of aromatic hydroxyl groups is 2. The van der Waals surface area contributed by atoms with Gasteiger partial charge in [-0.1, -0.05) is 24.3 Å². The first-order chi connectivity index (χ1) is 11.5. The molecule has 4 N–H and O–H groups in total. The zero-order chi connectivity index (χ0) is 17.1. The highest BCUT2D eigenvalue weighted by Gasteiger charge is 1.99. The Labute approximate surface area is 135 Å². The minimum absolute atomic E-state index is 0.0225. The minimum Gasteiger partial charge on any atom is -0.507 e. The normalized spacial score (nSPS) is 10.3. The fourth-order valence-electron chi connectivity index (χ4n) is 2.37. The lowest BCUT2D eigenvalue weighted by atomic mass is 10.2. The molecule has 4 rings (SSSR count). The summed E-state index contributed by atoms with van der Waals surface area (Å²) in [5, 5.41) is 20.0. The Bertz CT molecular complexity index is 1040. The van der Waals surface area contributed by atoms with Crippen LogP contribution in [0, 0.1) is 0 Å². The van der Waals surface area contributed by atoms with Crippen molar-refractivity contribution in [3.05, 3.63) is 81.4 Å². The smallest absolute Gasteiger partial charge is 0.252 e. The summed E-state index contributed by atoms with van der Waals surface area (Å²) in [5.41, 5.74) is 0.738. The third-order valence-electron chi connectivity index (χ3n) is 3.46. The van der Waals surface area contributed by atoms with Crippen molar-refractivity contribution in [2.24, 2.45) is 0 Å². The van der Waals surface area contributed by atoms with Crippen LogP contribution in [0.1, 0.15) is 0 Å². The third-order valence-corrected chi connectivity index (χ3v) is 3.46. The molecule has 0 amide bonds. The largest absolute Gasteiger partial charge is 0.507 e. The van der Waals surface area contributed by atoms with Gasteiger partial charge in [-0.2, -0.15) is 0 Å². The fraction of sp³-hybridized carbons (Fsp3) is 0. The summed E-state index contributed by atoms with van der Waals surface area (Å²) in [4.78, 5) is 27.0. The summed E-state index contributed by atoms with van der Waals surface area (Å²) in [6.45, 7) is 0. The molecule has 6 heteroatoms. The number of rotatable bonds is 0. The monoisotopic (exact) mass is 322 g/mol. The standard InChI is InChI=1S/2C9H7NO2/c2*11-8-5-9(12)10-7-4-2-1-3-6(7)8/h2*1-5H,(H2,10,11,12). The van der Waals surface area contributed by atoms with Gasteiger partial charge in [-0.15, -0.1) is 0 Å². The van der Waals surface area contributed by atoms with E-state index in [1.54, 1.807) is 48.5 Å². The van der Waals surface area contributed by atoms with E-state index < -0.39 is 0 Å². The molecule has 0 bridgehead atoms. The number of hydrogen-bond acceptors (Lipinski definition) is 4. The molecule has 0 aliphatic heterocycles. The van der Waals surface area contributed by atoms with Crippen LogP contribution in [0.15, 0.2) is 70.3 Å². The molecule has 2 heterocycles. The molecule has 4 aromatic rings. The van der Waals surface area contributed by atoms with E-state index >= 15 is 0 Å². The van der Waals surface area contributed by atoms with Gasteiger partial charge >= 0.3 is 0 Å². The van der Waals surface area contributed by atoms with Gasteiger partial charge in [-0.3, -0.25) is 9.59 Å². The lowest BCUT2D eigenvalue weighted by Gasteiger charge is -1.97. The average Bonchev–Trinajstić information content (AvgIpc) is 2.55. The number of H-pyrrole nitrogens is 2. The molecule has 0 saturated heterocycles.